The molecule has 0 atom stereocenters. The third-order valence-corrected chi connectivity index (χ3v) is 2.21. The van der Waals surface area contributed by atoms with Gasteiger partial charge in [0.2, 0.25) is 0 Å². The van der Waals surface area contributed by atoms with E-state index in [1.165, 1.54) is 24.4 Å². The minimum absolute atomic E-state index is 0.0433. The Labute approximate surface area is 90.6 Å². The van der Waals surface area contributed by atoms with Gasteiger partial charge in [0.05, 0.1) is 11.8 Å². The van der Waals surface area contributed by atoms with E-state index >= 15 is 0 Å². The molecule has 16 heavy (non-hydrogen) atoms. The van der Waals surface area contributed by atoms with Crippen LogP contribution in [0.15, 0.2) is 36.7 Å². The van der Waals surface area contributed by atoms with Gasteiger partial charge >= 0.3 is 0 Å². The fourth-order valence-corrected chi connectivity index (χ4v) is 1.40. The van der Waals surface area contributed by atoms with Gasteiger partial charge in [-0.15, -0.1) is 0 Å². The molecule has 0 spiro atoms. The van der Waals surface area contributed by atoms with Crippen LogP contribution in [-0.2, 0) is 0 Å². The highest BCUT2D eigenvalue weighted by atomic mass is 19.1. The number of carbonyl (C=O) groups is 1. The number of hydrogen-bond acceptors (Lipinski definition) is 2. The Kier molecular flexibility index (Phi) is 2.72. The minimum Gasteiger partial charge on any atom is -0.298 e. The van der Waals surface area contributed by atoms with E-state index in [2.05, 4.69) is 4.98 Å². The van der Waals surface area contributed by atoms with E-state index in [-0.39, 0.29) is 11.1 Å². The molecule has 0 fully saturated rings. The molecule has 0 radical (unpaired) electrons. The van der Waals surface area contributed by atoms with Gasteiger partial charge in [-0.25, -0.2) is 8.78 Å². The van der Waals surface area contributed by atoms with E-state index in [4.69, 9.17) is 0 Å². The molecule has 0 bridgehead atoms. The van der Waals surface area contributed by atoms with Crippen LogP contribution >= 0.6 is 0 Å². The van der Waals surface area contributed by atoms with E-state index in [1.807, 2.05) is 0 Å². The normalized spacial score (nSPS) is 10.1. The number of aromatic nitrogens is 1. The van der Waals surface area contributed by atoms with Gasteiger partial charge in [-0.3, -0.25) is 9.78 Å². The molecule has 80 valence electrons. The zero-order chi connectivity index (χ0) is 11.5. The van der Waals surface area contributed by atoms with Gasteiger partial charge in [-0.1, -0.05) is 6.07 Å². The molecule has 2 rings (SSSR count). The van der Waals surface area contributed by atoms with Crippen LogP contribution in [0.5, 0.6) is 0 Å². The molecule has 1 aromatic heterocycles. The van der Waals surface area contributed by atoms with Crippen molar-refractivity contribution >= 4 is 6.29 Å². The summed E-state index contributed by atoms with van der Waals surface area (Å²) in [6, 6.07) is 5.38. The molecule has 0 aliphatic rings. The summed E-state index contributed by atoms with van der Waals surface area (Å²) in [7, 11) is 0. The number of halogens is 2. The van der Waals surface area contributed by atoms with E-state index in [0.29, 0.717) is 11.8 Å². The van der Waals surface area contributed by atoms with Gasteiger partial charge in [0.1, 0.15) is 11.6 Å². The lowest BCUT2D eigenvalue weighted by molar-refractivity contribution is 0.112. The summed E-state index contributed by atoms with van der Waals surface area (Å²) in [5, 5.41) is 0. The quantitative estimate of drug-likeness (QED) is 0.727. The Morgan fingerprint density at radius 3 is 2.56 bits per heavy atom. The minimum atomic E-state index is -0.663. The second-order valence-electron chi connectivity index (χ2n) is 3.21. The lowest BCUT2D eigenvalue weighted by atomic mass is 10.0. The highest BCUT2D eigenvalue weighted by Crippen LogP contribution is 2.23. The fraction of sp³-hybridized carbons (Fsp3) is 0. The third-order valence-electron chi connectivity index (χ3n) is 2.21. The van der Waals surface area contributed by atoms with Crippen LogP contribution in [0.3, 0.4) is 0 Å². The van der Waals surface area contributed by atoms with Crippen molar-refractivity contribution in [3.05, 3.63) is 53.9 Å². The summed E-state index contributed by atoms with van der Waals surface area (Å²) in [5.74, 6) is -1.19. The molecule has 0 unspecified atom stereocenters. The maximum atomic E-state index is 13.3. The number of aldehydes is 1. The molecule has 0 amide bonds. The Hall–Kier alpha value is -2.10. The van der Waals surface area contributed by atoms with Crippen molar-refractivity contribution < 1.29 is 13.6 Å². The number of carbonyl (C=O) groups excluding carboxylic acids is 1. The molecule has 2 aromatic rings. The predicted molar refractivity (Wildman–Crippen MR) is 55.0 cm³/mol. The van der Waals surface area contributed by atoms with Crippen molar-refractivity contribution in [2.45, 2.75) is 0 Å². The number of hydrogen-bond donors (Lipinski definition) is 0. The summed E-state index contributed by atoms with van der Waals surface area (Å²) in [6.07, 6.45) is 2.90. The van der Waals surface area contributed by atoms with Crippen molar-refractivity contribution in [3.63, 3.8) is 0 Å². The second kappa shape index (κ2) is 4.18. The van der Waals surface area contributed by atoms with Crippen LogP contribution < -0.4 is 0 Å². The summed E-state index contributed by atoms with van der Waals surface area (Å²) < 4.78 is 26.6. The Balaban J connectivity index is 2.54. The first-order valence-electron chi connectivity index (χ1n) is 4.57. The molecular weight excluding hydrogens is 212 g/mol. The smallest absolute Gasteiger partial charge is 0.152 e. The molecule has 0 saturated heterocycles. The number of benzene rings is 1. The zero-order valence-electron chi connectivity index (χ0n) is 8.15. The lowest BCUT2D eigenvalue weighted by Crippen LogP contribution is -1.90. The van der Waals surface area contributed by atoms with Gasteiger partial charge in [0.15, 0.2) is 6.29 Å². The summed E-state index contributed by atoms with van der Waals surface area (Å²) in [5.41, 5.74) is 0.590. The average Bonchev–Trinajstić information content (AvgIpc) is 2.29. The molecule has 0 saturated carbocycles. The Morgan fingerprint density at radius 1 is 1.12 bits per heavy atom. The van der Waals surface area contributed by atoms with Crippen LogP contribution in [0.1, 0.15) is 10.4 Å². The van der Waals surface area contributed by atoms with Crippen LogP contribution in [0.2, 0.25) is 0 Å². The number of pyridine rings is 1. The zero-order valence-corrected chi connectivity index (χ0v) is 8.15. The van der Waals surface area contributed by atoms with Crippen LogP contribution in [-0.4, -0.2) is 11.3 Å². The first-order valence-corrected chi connectivity index (χ1v) is 4.57. The van der Waals surface area contributed by atoms with Crippen molar-refractivity contribution in [3.8, 4) is 11.1 Å². The Bertz CT molecular complexity index is 540. The second-order valence-corrected chi connectivity index (χ2v) is 3.21. The van der Waals surface area contributed by atoms with E-state index in [9.17, 15) is 13.6 Å². The molecule has 0 N–H and O–H groups in total. The van der Waals surface area contributed by atoms with E-state index < -0.39 is 11.6 Å². The molecule has 1 aromatic carbocycles. The van der Waals surface area contributed by atoms with E-state index in [1.54, 1.807) is 0 Å². The maximum absolute atomic E-state index is 13.3. The molecule has 1 heterocycles. The van der Waals surface area contributed by atoms with Crippen LogP contribution in [0.4, 0.5) is 8.78 Å². The van der Waals surface area contributed by atoms with Crippen LogP contribution in [0.25, 0.3) is 11.1 Å². The van der Waals surface area contributed by atoms with Crippen molar-refractivity contribution in [1.29, 1.82) is 0 Å². The molecular formula is C12H7F2NO. The standard InChI is InChI=1S/C12H7F2NO/c13-11-5-8(1-2-9(11)7-16)10-3-4-15-6-12(10)14/h1-7H. The fourth-order valence-electron chi connectivity index (χ4n) is 1.40. The van der Waals surface area contributed by atoms with Gasteiger partial charge in [0, 0.05) is 11.8 Å². The van der Waals surface area contributed by atoms with Gasteiger partial charge in [-0.05, 0) is 23.8 Å². The molecule has 4 heteroatoms. The van der Waals surface area contributed by atoms with Gasteiger partial charge < -0.3 is 0 Å². The topological polar surface area (TPSA) is 30.0 Å². The predicted octanol–water partition coefficient (Wildman–Crippen LogP) is 2.84. The van der Waals surface area contributed by atoms with Crippen molar-refractivity contribution in [2.75, 3.05) is 0 Å². The lowest BCUT2D eigenvalue weighted by Gasteiger charge is -2.03. The number of rotatable bonds is 2. The molecule has 2 nitrogen and oxygen atoms in total. The van der Waals surface area contributed by atoms with Crippen molar-refractivity contribution in [2.24, 2.45) is 0 Å². The average molecular weight is 219 g/mol. The summed E-state index contributed by atoms with van der Waals surface area (Å²) in [4.78, 5) is 14.0. The first kappa shape index (κ1) is 10.4. The molecule has 0 aliphatic carbocycles. The monoisotopic (exact) mass is 219 g/mol. The first-order chi connectivity index (χ1) is 7.72. The summed E-state index contributed by atoms with van der Waals surface area (Å²) in [6.45, 7) is 0. The third kappa shape index (κ3) is 1.82. The van der Waals surface area contributed by atoms with Crippen molar-refractivity contribution in [1.82, 2.24) is 4.98 Å². The van der Waals surface area contributed by atoms with Gasteiger partial charge in [0.25, 0.3) is 0 Å². The highest BCUT2D eigenvalue weighted by molar-refractivity contribution is 5.77. The summed E-state index contributed by atoms with van der Waals surface area (Å²) >= 11 is 0. The maximum Gasteiger partial charge on any atom is 0.152 e. The molecule has 0 aliphatic heterocycles. The highest BCUT2D eigenvalue weighted by Gasteiger charge is 2.07. The van der Waals surface area contributed by atoms with Crippen LogP contribution in [0, 0.1) is 11.6 Å². The van der Waals surface area contributed by atoms with Gasteiger partial charge in [-0.2, -0.15) is 0 Å². The SMILES string of the molecule is O=Cc1ccc(-c2ccncc2F)cc1F. The number of nitrogens with zero attached hydrogens (tertiary/aromatic N) is 1. The largest absolute Gasteiger partial charge is 0.298 e. The van der Waals surface area contributed by atoms with E-state index in [0.717, 1.165) is 12.3 Å². The Morgan fingerprint density at radius 2 is 1.94 bits per heavy atom.